The van der Waals surface area contributed by atoms with Crippen LogP contribution in [-0.4, -0.2) is 51.8 Å². The zero-order valence-corrected chi connectivity index (χ0v) is 13.1. The Kier molecular flexibility index (Phi) is 7.10. The molecule has 1 rings (SSSR count). The van der Waals surface area contributed by atoms with E-state index in [1.165, 1.54) is 0 Å². The van der Waals surface area contributed by atoms with Crippen molar-refractivity contribution in [1.29, 1.82) is 0 Å². The monoisotopic (exact) mass is 315 g/mol. The van der Waals surface area contributed by atoms with Crippen LogP contribution in [0, 0.1) is 6.92 Å². The van der Waals surface area contributed by atoms with Crippen LogP contribution in [0.25, 0.3) is 0 Å². The lowest BCUT2D eigenvalue weighted by Gasteiger charge is -2.21. The van der Waals surface area contributed by atoms with Crippen LogP contribution in [0.3, 0.4) is 0 Å². The summed E-state index contributed by atoms with van der Waals surface area (Å²) < 4.78 is 0. The maximum Gasteiger partial charge on any atom is 0.347 e. The molecule has 21 heavy (non-hydrogen) atoms. The number of aliphatic hydroxyl groups excluding tert-OH is 1. The summed E-state index contributed by atoms with van der Waals surface area (Å²) in [4.78, 5) is 28.8. The number of aliphatic hydroxyl groups is 1. The van der Waals surface area contributed by atoms with Gasteiger partial charge in [-0.15, -0.1) is 11.3 Å². The van der Waals surface area contributed by atoms with Gasteiger partial charge in [-0.3, -0.25) is 0 Å². The van der Waals surface area contributed by atoms with E-state index >= 15 is 0 Å². The number of hydrogen-bond donors (Lipinski definition) is 3. The van der Waals surface area contributed by atoms with Crippen molar-refractivity contribution in [2.24, 2.45) is 0 Å². The summed E-state index contributed by atoms with van der Waals surface area (Å²) in [5, 5.41) is 21.2. The molecule has 0 aliphatic carbocycles. The first kappa shape index (κ1) is 17.4. The number of aromatic carboxylic acids is 1. The van der Waals surface area contributed by atoms with Crippen LogP contribution in [0.5, 0.6) is 0 Å². The molecule has 2 amide bonds. The highest BCUT2D eigenvalue weighted by Crippen LogP contribution is 2.17. The molecule has 0 aliphatic rings. The molecule has 0 spiro atoms. The third kappa shape index (κ3) is 5.31. The highest BCUT2D eigenvalue weighted by molar-refractivity contribution is 7.13. The van der Waals surface area contributed by atoms with E-state index in [1.54, 1.807) is 11.8 Å². The third-order valence-corrected chi connectivity index (χ3v) is 4.01. The van der Waals surface area contributed by atoms with E-state index in [4.69, 9.17) is 10.2 Å². The molecule has 0 radical (unpaired) electrons. The zero-order chi connectivity index (χ0) is 15.8. The van der Waals surface area contributed by atoms with Crippen molar-refractivity contribution >= 4 is 23.3 Å². The smallest absolute Gasteiger partial charge is 0.347 e. The summed E-state index contributed by atoms with van der Waals surface area (Å²) in [6.45, 7) is 4.62. The van der Waals surface area contributed by atoms with Crippen LogP contribution in [0.15, 0.2) is 0 Å². The Morgan fingerprint density at radius 3 is 2.62 bits per heavy atom. The average molecular weight is 315 g/mol. The molecule has 0 aliphatic heterocycles. The Bertz CT molecular complexity index is 490. The van der Waals surface area contributed by atoms with Gasteiger partial charge in [-0.05, 0) is 13.3 Å². The van der Waals surface area contributed by atoms with Crippen LogP contribution in [0.1, 0.15) is 40.1 Å². The van der Waals surface area contributed by atoms with Gasteiger partial charge in [-0.2, -0.15) is 0 Å². The highest BCUT2D eigenvalue weighted by atomic mass is 32.1. The first-order valence-electron chi connectivity index (χ1n) is 6.82. The fourth-order valence-corrected chi connectivity index (χ4v) is 2.62. The van der Waals surface area contributed by atoms with E-state index in [0.29, 0.717) is 17.2 Å². The normalized spacial score (nSPS) is 10.4. The molecular weight excluding hydrogens is 294 g/mol. The second-order valence-corrected chi connectivity index (χ2v) is 5.63. The molecule has 0 saturated heterocycles. The van der Waals surface area contributed by atoms with Crippen molar-refractivity contribution in [3.8, 4) is 0 Å². The van der Waals surface area contributed by atoms with Crippen LogP contribution in [-0.2, 0) is 6.54 Å². The van der Waals surface area contributed by atoms with Crippen LogP contribution >= 0.6 is 11.3 Å². The fraction of sp³-hybridized carbons (Fsp3) is 0.615. The van der Waals surface area contributed by atoms with Crippen molar-refractivity contribution in [2.45, 2.75) is 33.2 Å². The summed E-state index contributed by atoms with van der Waals surface area (Å²) in [5.74, 6) is -1.01. The van der Waals surface area contributed by atoms with E-state index < -0.39 is 5.97 Å². The van der Waals surface area contributed by atoms with Gasteiger partial charge in [-0.25, -0.2) is 14.6 Å². The molecule has 0 saturated carbocycles. The largest absolute Gasteiger partial charge is 0.477 e. The summed E-state index contributed by atoms with van der Waals surface area (Å²) in [5.41, 5.74) is 0.454. The number of rotatable bonds is 8. The number of carbonyl (C=O) groups is 2. The second-order valence-electron chi connectivity index (χ2n) is 4.55. The Labute approximate surface area is 127 Å². The Morgan fingerprint density at radius 2 is 2.10 bits per heavy atom. The lowest BCUT2D eigenvalue weighted by molar-refractivity contribution is 0.0701. The Morgan fingerprint density at radius 1 is 1.38 bits per heavy atom. The maximum absolute atomic E-state index is 12.0. The number of aromatic nitrogens is 1. The molecule has 8 heteroatoms. The predicted octanol–water partition coefficient (Wildman–Crippen LogP) is 1.45. The molecule has 1 aromatic rings. The molecule has 0 aromatic carbocycles. The average Bonchev–Trinajstić information content (AvgIpc) is 2.82. The summed E-state index contributed by atoms with van der Waals surface area (Å²) in [6.07, 6.45) is 1.83. The van der Waals surface area contributed by atoms with Crippen molar-refractivity contribution < 1.29 is 19.8 Å². The topological polar surface area (TPSA) is 103 Å². The number of nitrogens with one attached hydrogen (secondary N) is 1. The van der Waals surface area contributed by atoms with Crippen molar-refractivity contribution in [3.63, 3.8) is 0 Å². The minimum atomic E-state index is -1.01. The SMILES string of the molecule is CCCCN(CCO)C(=O)NCc1nc(C)c(C(=O)O)s1. The summed E-state index contributed by atoms with van der Waals surface area (Å²) in [6, 6.07) is -0.276. The van der Waals surface area contributed by atoms with Gasteiger partial charge in [0.05, 0.1) is 18.8 Å². The number of thiazole rings is 1. The van der Waals surface area contributed by atoms with Gasteiger partial charge in [0.1, 0.15) is 9.88 Å². The molecule has 0 unspecified atom stereocenters. The number of hydrogen-bond acceptors (Lipinski definition) is 5. The van der Waals surface area contributed by atoms with E-state index in [9.17, 15) is 9.59 Å². The number of nitrogens with zero attached hydrogens (tertiary/aromatic N) is 2. The highest BCUT2D eigenvalue weighted by Gasteiger charge is 2.16. The number of unbranched alkanes of at least 4 members (excludes halogenated alkanes) is 1. The molecule has 0 bridgehead atoms. The van der Waals surface area contributed by atoms with Gasteiger partial charge in [0, 0.05) is 13.1 Å². The number of carbonyl (C=O) groups excluding carboxylic acids is 1. The van der Waals surface area contributed by atoms with Crippen LogP contribution in [0.4, 0.5) is 4.79 Å². The molecule has 1 aromatic heterocycles. The second kappa shape index (κ2) is 8.58. The molecule has 0 fully saturated rings. The molecule has 1 heterocycles. The van der Waals surface area contributed by atoms with Crippen LogP contribution in [0.2, 0.25) is 0 Å². The van der Waals surface area contributed by atoms with Gasteiger partial charge in [0.25, 0.3) is 0 Å². The Hall–Kier alpha value is -1.67. The van der Waals surface area contributed by atoms with E-state index in [1.807, 2.05) is 6.92 Å². The lowest BCUT2D eigenvalue weighted by atomic mass is 10.3. The molecule has 118 valence electrons. The van der Waals surface area contributed by atoms with Crippen molar-refractivity contribution in [2.75, 3.05) is 19.7 Å². The standard InChI is InChI=1S/C13H21N3O4S/c1-3-4-5-16(6-7-17)13(20)14-8-10-15-9(2)11(21-10)12(18)19/h17H,3-8H2,1-2H3,(H,14,20)(H,18,19). The van der Waals surface area contributed by atoms with Gasteiger partial charge in [-0.1, -0.05) is 13.3 Å². The van der Waals surface area contributed by atoms with Crippen LogP contribution < -0.4 is 5.32 Å². The first-order chi connectivity index (χ1) is 9.99. The molecule has 3 N–H and O–H groups in total. The number of aryl methyl sites for hydroxylation is 1. The molecule has 7 nitrogen and oxygen atoms in total. The van der Waals surface area contributed by atoms with E-state index in [-0.39, 0.29) is 30.6 Å². The van der Waals surface area contributed by atoms with Gasteiger partial charge < -0.3 is 20.4 Å². The molecule has 0 atom stereocenters. The quantitative estimate of drug-likeness (QED) is 0.674. The third-order valence-electron chi connectivity index (χ3n) is 2.86. The number of urea groups is 1. The van der Waals surface area contributed by atoms with Gasteiger partial charge >= 0.3 is 12.0 Å². The minimum Gasteiger partial charge on any atom is -0.477 e. The Balaban J connectivity index is 2.57. The number of carboxylic acids is 1. The van der Waals surface area contributed by atoms with Gasteiger partial charge in [0.15, 0.2) is 0 Å². The van der Waals surface area contributed by atoms with E-state index in [2.05, 4.69) is 10.3 Å². The zero-order valence-electron chi connectivity index (χ0n) is 12.3. The van der Waals surface area contributed by atoms with E-state index in [0.717, 1.165) is 24.2 Å². The number of carboxylic acid groups (broad SMARTS) is 1. The predicted molar refractivity (Wildman–Crippen MR) is 79.6 cm³/mol. The molecular formula is C13H21N3O4S. The summed E-state index contributed by atoms with van der Waals surface area (Å²) >= 11 is 1.06. The fourth-order valence-electron chi connectivity index (χ4n) is 1.77. The summed E-state index contributed by atoms with van der Waals surface area (Å²) in [7, 11) is 0. The van der Waals surface area contributed by atoms with Crippen molar-refractivity contribution in [1.82, 2.24) is 15.2 Å². The first-order valence-corrected chi connectivity index (χ1v) is 7.64. The number of amides is 2. The van der Waals surface area contributed by atoms with Crippen molar-refractivity contribution in [3.05, 3.63) is 15.6 Å². The minimum absolute atomic E-state index is 0.0867. The lowest BCUT2D eigenvalue weighted by Crippen LogP contribution is -2.41. The maximum atomic E-state index is 12.0. The van der Waals surface area contributed by atoms with Gasteiger partial charge in [0.2, 0.25) is 0 Å².